The van der Waals surface area contributed by atoms with Gasteiger partial charge >= 0.3 is 7.12 Å². The molecule has 3 rings (SSSR count). The summed E-state index contributed by atoms with van der Waals surface area (Å²) in [6.07, 6.45) is 1.73. The van der Waals surface area contributed by atoms with Crippen molar-refractivity contribution in [1.29, 1.82) is 0 Å². The Hall–Kier alpha value is -0.975. The largest absolute Gasteiger partial charge is 0.495 e. The Bertz CT molecular complexity index is 528. The van der Waals surface area contributed by atoms with Crippen LogP contribution in [0.4, 0.5) is 4.39 Å². The molecular formula is C15H21BFNO3. The van der Waals surface area contributed by atoms with Crippen LogP contribution < -0.4 is 5.46 Å². The van der Waals surface area contributed by atoms with Crippen molar-refractivity contribution in [3.63, 3.8) is 0 Å². The monoisotopic (exact) mass is 293 g/mol. The molecule has 2 fully saturated rings. The number of hydrogen-bond acceptors (Lipinski definition) is 4. The second-order valence-electron chi connectivity index (χ2n) is 6.74. The standard InChI is InChI=1S/C15H21BFNO3/c1-14(2)15(3,4)21-16(20-14)10-8-11(18-13(17)9-10)12-6-5-7-19-12/h8-9,12H,5-7H2,1-4H3. The van der Waals surface area contributed by atoms with E-state index in [9.17, 15) is 4.39 Å². The highest BCUT2D eigenvalue weighted by molar-refractivity contribution is 6.62. The zero-order valence-corrected chi connectivity index (χ0v) is 13.0. The van der Waals surface area contributed by atoms with Gasteiger partial charge < -0.3 is 14.0 Å². The molecule has 2 aliphatic rings. The van der Waals surface area contributed by atoms with Gasteiger partial charge in [-0.3, -0.25) is 0 Å². The topological polar surface area (TPSA) is 40.6 Å². The van der Waals surface area contributed by atoms with Crippen LogP contribution in [0.1, 0.15) is 52.3 Å². The fourth-order valence-electron chi connectivity index (χ4n) is 2.63. The SMILES string of the molecule is CC1(C)OB(c2cc(F)nc(C3CCCO3)c2)OC1(C)C. The van der Waals surface area contributed by atoms with E-state index in [1.54, 1.807) is 0 Å². The molecule has 114 valence electrons. The average molecular weight is 293 g/mol. The average Bonchev–Trinajstić information content (AvgIpc) is 2.96. The van der Waals surface area contributed by atoms with Gasteiger partial charge in [0, 0.05) is 6.61 Å². The van der Waals surface area contributed by atoms with Crippen molar-refractivity contribution in [1.82, 2.24) is 4.98 Å². The molecule has 0 aliphatic carbocycles. The van der Waals surface area contributed by atoms with Gasteiger partial charge in [0.15, 0.2) is 0 Å². The highest BCUT2D eigenvalue weighted by Gasteiger charge is 2.52. The molecule has 0 N–H and O–H groups in total. The predicted octanol–water partition coefficient (Wildman–Crippen LogP) is 2.37. The summed E-state index contributed by atoms with van der Waals surface area (Å²) in [7, 11) is -0.576. The Morgan fingerprint density at radius 1 is 1.19 bits per heavy atom. The van der Waals surface area contributed by atoms with Crippen LogP contribution in [-0.4, -0.2) is 29.9 Å². The third-order valence-corrected chi connectivity index (χ3v) is 4.62. The van der Waals surface area contributed by atoms with Gasteiger partial charge in [-0.2, -0.15) is 4.39 Å². The van der Waals surface area contributed by atoms with Gasteiger partial charge in [-0.05, 0) is 58.1 Å². The van der Waals surface area contributed by atoms with E-state index in [0.29, 0.717) is 17.8 Å². The van der Waals surface area contributed by atoms with Crippen molar-refractivity contribution in [2.75, 3.05) is 6.61 Å². The molecule has 1 unspecified atom stereocenters. The van der Waals surface area contributed by atoms with Crippen LogP contribution in [0.15, 0.2) is 12.1 Å². The van der Waals surface area contributed by atoms with Crippen LogP contribution in [0.3, 0.4) is 0 Å². The normalized spacial score (nSPS) is 27.3. The molecule has 21 heavy (non-hydrogen) atoms. The molecule has 1 aromatic heterocycles. The lowest BCUT2D eigenvalue weighted by Gasteiger charge is -2.32. The molecule has 0 saturated carbocycles. The van der Waals surface area contributed by atoms with Gasteiger partial charge in [0.2, 0.25) is 5.95 Å². The molecule has 0 aromatic carbocycles. The Balaban J connectivity index is 1.89. The van der Waals surface area contributed by atoms with E-state index in [1.807, 2.05) is 33.8 Å². The molecular weight excluding hydrogens is 272 g/mol. The first kappa shape index (κ1) is 14.9. The number of ether oxygens (including phenoxy) is 1. The molecule has 4 nitrogen and oxygen atoms in total. The van der Waals surface area contributed by atoms with E-state index < -0.39 is 24.3 Å². The van der Waals surface area contributed by atoms with E-state index in [2.05, 4.69) is 4.98 Å². The molecule has 1 atom stereocenters. The second kappa shape index (κ2) is 5.04. The minimum atomic E-state index is -0.576. The highest BCUT2D eigenvalue weighted by Crippen LogP contribution is 2.36. The van der Waals surface area contributed by atoms with E-state index in [0.717, 1.165) is 12.8 Å². The van der Waals surface area contributed by atoms with Gasteiger partial charge in [0.25, 0.3) is 0 Å². The zero-order chi connectivity index (χ0) is 15.3. The minimum absolute atomic E-state index is 0.123. The minimum Gasteiger partial charge on any atom is -0.399 e. The maximum absolute atomic E-state index is 13.8. The number of rotatable bonds is 2. The Morgan fingerprint density at radius 2 is 1.86 bits per heavy atom. The maximum Gasteiger partial charge on any atom is 0.495 e. The molecule has 1 aromatic rings. The summed E-state index contributed by atoms with van der Waals surface area (Å²) < 4.78 is 31.4. The number of halogens is 1. The number of pyridine rings is 1. The smallest absolute Gasteiger partial charge is 0.399 e. The fraction of sp³-hybridized carbons (Fsp3) is 0.667. The third-order valence-electron chi connectivity index (χ3n) is 4.62. The van der Waals surface area contributed by atoms with Crippen LogP contribution in [-0.2, 0) is 14.0 Å². The first-order valence-corrected chi connectivity index (χ1v) is 7.43. The molecule has 0 spiro atoms. The Morgan fingerprint density at radius 3 is 2.43 bits per heavy atom. The summed E-state index contributed by atoms with van der Waals surface area (Å²) >= 11 is 0. The van der Waals surface area contributed by atoms with Crippen molar-refractivity contribution >= 4 is 12.6 Å². The summed E-state index contributed by atoms with van der Waals surface area (Å²) in [4.78, 5) is 3.96. The van der Waals surface area contributed by atoms with Gasteiger partial charge in [0.1, 0.15) is 0 Å². The van der Waals surface area contributed by atoms with Gasteiger partial charge in [0.05, 0.1) is 23.0 Å². The van der Waals surface area contributed by atoms with Crippen molar-refractivity contribution in [2.24, 2.45) is 0 Å². The van der Waals surface area contributed by atoms with E-state index in [4.69, 9.17) is 14.0 Å². The lowest BCUT2D eigenvalue weighted by atomic mass is 9.79. The zero-order valence-electron chi connectivity index (χ0n) is 13.0. The Labute approximate surface area is 125 Å². The molecule has 6 heteroatoms. The van der Waals surface area contributed by atoms with Crippen molar-refractivity contribution in [2.45, 2.75) is 57.8 Å². The first-order valence-electron chi connectivity index (χ1n) is 7.43. The molecule has 2 saturated heterocycles. The van der Waals surface area contributed by atoms with Crippen LogP contribution in [0, 0.1) is 5.95 Å². The van der Waals surface area contributed by atoms with Crippen molar-refractivity contribution in [3.05, 3.63) is 23.8 Å². The lowest BCUT2D eigenvalue weighted by Crippen LogP contribution is -2.41. The maximum atomic E-state index is 13.8. The van der Waals surface area contributed by atoms with Crippen molar-refractivity contribution < 1.29 is 18.4 Å². The number of nitrogens with zero attached hydrogens (tertiary/aromatic N) is 1. The van der Waals surface area contributed by atoms with Crippen LogP contribution in [0.25, 0.3) is 0 Å². The molecule has 3 heterocycles. The van der Waals surface area contributed by atoms with E-state index in [1.165, 1.54) is 6.07 Å². The summed E-state index contributed by atoms with van der Waals surface area (Å²) in [5.74, 6) is -0.521. The van der Waals surface area contributed by atoms with E-state index >= 15 is 0 Å². The van der Waals surface area contributed by atoms with Crippen LogP contribution in [0.2, 0.25) is 0 Å². The van der Waals surface area contributed by atoms with Gasteiger partial charge in [-0.25, -0.2) is 4.98 Å². The molecule has 2 aliphatic heterocycles. The van der Waals surface area contributed by atoms with Crippen LogP contribution >= 0.6 is 0 Å². The lowest BCUT2D eigenvalue weighted by molar-refractivity contribution is 0.00578. The molecule has 0 amide bonds. The van der Waals surface area contributed by atoms with E-state index in [-0.39, 0.29) is 6.10 Å². The summed E-state index contributed by atoms with van der Waals surface area (Å²) in [5, 5.41) is 0. The Kier molecular flexibility index (Phi) is 3.58. The van der Waals surface area contributed by atoms with Gasteiger partial charge in [-0.1, -0.05) is 0 Å². The number of hydrogen-bond donors (Lipinski definition) is 0. The predicted molar refractivity (Wildman–Crippen MR) is 77.8 cm³/mol. The first-order chi connectivity index (χ1) is 9.78. The third kappa shape index (κ3) is 2.72. The molecule has 0 bridgehead atoms. The second-order valence-corrected chi connectivity index (χ2v) is 6.74. The fourth-order valence-corrected chi connectivity index (χ4v) is 2.63. The number of aromatic nitrogens is 1. The summed E-state index contributed by atoms with van der Waals surface area (Å²) in [6, 6.07) is 3.21. The highest BCUT2D eigenvalue weighted by atomic mass is 19.1. The van der Waals surface area contributed by atoms with Crippen molar-refractivity contribution in [3.8, 4) is 0 Å². The summed E-state index contributed by atoms with van der Waals surface area (Å²) in [5.41, 5.74) is 0.395. The molecule has 0 radical (unpaired) electrons. The summed E-state index contributed by atoms with van der Waals surface area (Å²) in [6.45, 7) is 8.61. The van der Waals surface area contributed by atoms with Gasteiger partial charge in [-0.15, -0.1) is 0 Å². The quantitative estimate of drug-likeness (QED) is 0.620. The van der Waals surface area contributed by atoms with Crippen LogP contribution in [0.5, 0.6) is 0 Å².